The lowest BCUT2D eigenvalue weighted by molar-refractivity contribution is 0.0956. The molecule has 0 spiro atoms. The molecule has 3 rings (SSSR count). The summed E-state index contributed by atoms with van der Waals surface area (Å²) < 4.78 is 5.04. The highest BCUT2D eigenvalue weighted by atomic mass is 16.4. The third-order valence-electron chi connectivity index (χ3n) is 3.11. The van der Waals surface area contributed by atoms with E-state index < -0.39 is 22.8 Å². The fourth-order valence-corrected chi connectivity index (χ4v) is 2.05. The number of anilines is 1. The van der Waals surface area contributed by atoms with Gasteiger partial charge in [0.25, 0.3) is 5.91 Å². The Labute approximate surface area is 125 Å². The van der Waals surface area contributed by atoms with Crippen molar-refractivity contribution >= 4 is 22.6 Å². The summed E-state index contributed by atoms with van der Waals surface area (Å²) in [5, 5.41) is 10.4. The topological polar surface area (TPSA) is 91.6 Å². The molecule has 1 aromatic heterocycles. The van der Waals surface area contributed by atoms with Crippen molar-refractivity contribution in [3.05, 3.63) is 70.6 Å². The number of hydrogen-bond donors (Lipinski definition) is 3. The summed E-state index contributed by atoms with van der Waals surface area (Å²) in [5.74, 6) is -1.18. The first-order chi connectivity index (χ1) is 10.7. The van der Waals surface area contributed by atoms with Crippen LogP contribution in [0, 0.1) is 0 Å². The van der Waals surface area contributed by atoms with Crippen LogP contribution in [0.4, 0.5) is 5.69 Å². The van der Waals surface area contributed by atoms with Gasteiger partial charge in [0.1, 0.15) is 11.3 Å². The van der Waals surface area contributed by atoms with Crippen molar-refractivity contribution in [3.63, 3.8) is 0 Å². The minimum Gasteiger partial charge on any atom is -0.506 e. The Balaban J connectivity index is 1.92. The number of para-hydroxylation sites is 2. The van der Waals surface area contributed by atoms with E-state index in [0.29, 0.717) is 11.1 Å². The van der Waals surface area contributed by atoms with E-state index in [4.69, 9.17) is 4.42 Å². The second-order valence-corrected chi connectivity index (χ2v) is 4.55. The molecule has 0 fully saturated rings. The van der Waals surface area contributed by atoms with Gasteiger partial charge in [-0.2, -0.15) is 0 Å². The molecule has 0 atom stereocenters. The Kier molecular flexibility index (Phi) is 3.49. The third kappa shape index (κ3) is 2.49. The van der Waals surface area contributed by atoms with Gasteiger partial charge in [-0.3, -0.25) is 15.6 Å². The predicted octanol–water partition coefficient (Wildman–Crippen LogP) is 2.26. The minimum atomic E-state index is -0.899. The summed E-state index contributed by atoms with van der Waals surface area (Å²) in [7, 11) is 0. The molecule has 1 amide bonds. The first kappa shape index (κ1) is 13.7. The number of carbonyl (C=O) groups is 1. The van der Waals surface area contributed by atoms with Gasteiger partial charge in [-0.15, -0.1) is 0 Å². The lowest BCUT2D eigenvalue weighted by Gasteiger charge is -2.09. The highest BCUT2D eigenvalue weighted by molar-refractivity contribution is 6.01. The van der Waals surface area contributed by atoms with Gasteiger partial charge in [-0.05, 0) is 24.3 Å². The Morgan fingerprint density at radius 3 is 2.45 bits per heavy atom. The first-order valence-corrected chi connectivity index (χ1v) is 6.53. The second-order valence-electron chi connectivity index (χ2n) is 4.55. The summed E-state index contributed by atoms with van der Waals surface area (Å²) in [6.45, 7) is 0. The number of fused-ring (bicyclic) bond motifs is 1. The summed E-state index contributed by atoms with van der Waals surface area (Å²) in [6.07, 6.45) is 0. The lowest BCUT2D eigenvalue weighted by atomic mass is 10.1. The summed E-state index contributed by atoms with van der Waals surface area (Å²) >= 11 is 0. The van der Waals surface area contributed by atoms with Crippen LogP contribution in [0.3, 0.4) is 0 Å². The Morgan fingerprint density at radius 2 is 1.68 bits per heavy atom. The first-order valence-electron chi connectivity index (χ1n) is 6.53. The molecule has 0 aliphatic heterocycles. The van der Waals surface area contributed by atoms with Gasteiger partial charge in [-0.1, -0.05) is 30.3 Å². The maximum atomic E-state index is 12.1. The fraction of sp³-hybridized carbons (Fsp3) is 0. The average Bonchev–Trinajstić information content (AvgIpc) is 2.54. The van der Waals surface area contributed by atoms with Gasteiger partial charge in [0.2, 0.25) is 0 Å². The van der Waals surface area contributed by atoms with E-state index >= 15 is 0 Å². The minimum absolute atomic E-state index is 0.220. The van der Waals surface area contributed by atoms with Crippen LogP contribution < -0.4 is 16.5 Å². The van der Waals surface area contributed by atoms with Crippen LogP contribution in [-0.4, -0.2) is 11.0 Å². The van der Waals surface area contributed by atoms with Crippen LogP contribution >= 0.6 is 0 Å². The summed E-state index contributed by atoms with van der Waals surface area (Å²) in [5.41, 5.74) is 4.52. The van der Waals surface area contributed by atoms with E-state index in [2.05, 4.69) is 10.9 Å². The number of carbonyl (C=O) groups excluding carboxylic acids is 1. The second kappa shape index (κ2) is 5.61. The van der Waals surface area contributed by atoms with Crippen LogP contribution in [0.5, 0.6) is 5.75 Å². The van der Waals surface area contributed by atoms with Crippen LogP contribution in [-0.2, 0) is 0 Å². The smallest absolute Gasteiger partial charge is 0.353 e. The van der Waals surface area contributed by atoms with Crippen molar-refractivity contribution in [2.75, 3.05) is 5.43 Å². The molecule has 3 aromatic rings. The zero-order valence-corrected chi connectivity index (χ0v) is 11.4. The Hall–Kier alpha value is -3.28. The Morgan fingerprint density at radius 1 is 1.00 bits per heavy atom. The van der Waals surface area contributed by atoms with E-state index in [1.807, 2.05) is 6.07 Å². The summed E-state index contributed by atoms with van der Waals surface area (Å²) in [4.78, 5) is 24.0. The van der Waals surface area contributed by atoms with Crippen molar-refractivity contribution in [3.8, 4) is 5.75 Å². The number of amides is 1. The lowest BCUT2D eigenvalue weighted by Crippen LogP contribution is -2.32. The molecule has 0 saturated carbocycles. The molecule has 0 unspecified atom stereocenters. The molecule has 110 valence electrons. The van der Waals surface area contributed by atoms with Crippen LogP contribution in [0.1, 0.15) is 10.4 Å². The molecule has 0 bridgehead atoms. The highest BCUT2D eigenvalue weighted by Gasteiger charge is 2.20. The van der Waals surface area contributed by atoms with E-state index in [9.17, 15) is 14.7 Å². The van der Waals surface area contributed by atoms with Crippen molar-refractivity contribution < 1.29 is 14.3 Å². The highest BCUT2D eigenvalue weighted by Crippen LogP contribution is 2.25. The number of benzene rings is 2. The van der Waals surface area contributed by atoms with Crippen molar-refractivity contribution in [2.24, 2.45) is 0 Å². The SMILES string of the molecule is O=C(NNc1ccccc1)c1c(O)c2ccccc2oc1=O. The van der Waals surface area contributed by atoms with E-state index in [1.165, 1.54) is 0 Å². The fourth-order valence-electron chi connectivity index (χ4n) is 2.05. The predicted molar refractivity (Wildman–Crippen MR) is 81.7 cm³/mol. The van der Waals surface area contributed by atoms with Crippen molar-refractivity contribution in [1.29, 1.82) is 0 Å². The number of hydrazine groups is 1. The third-order valence-corrected chi connectivity index (χ3v) is 3.11. The molecule has 1 heterocycles. The molecule has 0 aliphatic rings. The maximum absolute atomic E-state index is 12.1. The van der Waals surface area contributed by atoms with Gasteiger partial charge < -0.3 is 9.52 Å². The van der Waals surface area contributed by atoms with E-state index in [1.54, 1.807) is 48.5 Å². The van der Waals surface area contributed by atoms with Gasteiger partial charge in [0.05, 0.1) is 11.1 Å². The maximum Gasteiger partial charge on any atom is 0.353 e. The number of hydrogen-bond acceptors (Lipinski definition) is 5. The van der Waals surface area contributed by atoms with Crippen LogP contribution in [0.25, 0.3) is 11.0 Å². The molecule has 0 radical (unpaired) electrons. The van der Waals surface area contributed by atoms with Gasteiger partial charge in [-0.25, -0.2) is 4.79 Å². The largest absolute Gasteiger partial charge is 0.506 e. The Bertz CT molecular complexity index is 888. The molecular weight excluding hydrogens is 284 g/mol. The molecule has 3 N–H and O–H groups in total. The van der Waals surface area contributed by atoms with Crippen LogP contribution in [0.2, 0.25) is 0 Å². The molecule has 0 saturated heterocycles. The molecule has 22 heavy (non-hydrogen) atoms. The van der Waals surface area contributed by atoms with Crippen LogP contribution in [0.15, 0.2) is 63.8 Å². The molecule has 6 heteroatoms. The monoisotopic (exact) mass is 296 g/mol. The molecular formula is C16H12N2O4. The van der Waals surface area contributed by atoms with Crippen molar-refractivity contribution in [2.45, 2.75) is 0 Å². The van der Waals surface area contributed by atoms with Gasteiger partial charge in [0, 0.05) is 0 Å². The molecule has 0 aliphatic carbocycles. The van der Waals surface area contributed by atoms with Gasteiger partial charge in [0.15, 0.2) is 5.56 Å². The van der Waals surface area contributed by atoms with E-state index in [-0.39, 0.29) is 5.58 Å². The average molecular weight is 296 g/mol. The number of rotatable bonds is 3. The molecule has 6 nitrogen and oxygen atoms in total. The number of nitrogens with one attached hydrogen (secondary N) is 2. The quantitative estimate of drug-likeness (QED) is 0.509. The standard InChI is InChI=1S/C16H12N2O4/c19-14-11-8-4-5-9-12(11)22-16(21)13(14)15(20)18-17-10-6-2-1-3-7-10/h1-9,17,19H,(H,18,20). The molecule has 2 aromatic carbocycles. The summed E-state index contributed by atoms with van der Waals surface area (Å²) in [6, 6.07) is 15.3. The zero-order valence-electron chi connectivity index (χ0n) is 11.4. The number of aromatic hydroxyl groups is 1. The van der Waals surface area contributed by atoms with E-state index in [0.717, 1.165) is 0 Å². The van der Waals surface area contributed by atoms with Crippen molar-refractivity contribution in [1.82, 2.24) is 5.43 Å². The normalized spacial score (nSPS) is 10.4. The van der Waals surface area contributed by atoms with Gasteiger partial charge >= 0.3 is 5.63 Å². The zero-order chi connectivity index (χ0) is 15.5.